The Kier molecular flexibility index (Phi) is 1.70. The molecule has 0 aliphatic rings. The van der Waals surface area contributed by atoms with Gasteiger partial charge in [-0.3, -0.25) is 9.36 Å². The molecule has 0 bridgehead atoms. The zero-order chi connectivity index (χ0) is 11.1. The summed E-state index contributed by atoms with van der Waals surface area (Å²) in [5.74, 6) is 0.746. The maximum atomic E-state index is 11.5. The van der Waals surface area contributed by atoms with Crippen LogP contribution in [-0.2, 0) is 7.05 Å². The molecule has 3 rings (SSSR count). The van der Waals surface area contributed by atoms with Gasteiger partial charge in [0.1, 0.15) is 0 Å². The van der Waals surface area contributed by atoms with Gasteiger partial charge in [0.2, 0.25) is 0 Å². The lowest BCUT2D eigenvalue weighted by molar-refractivity contribution is 0.912. The van der Waals surface area contributed by atoms with Gasteiger partial charge in [0.05, 0.1) is 18.0 Å². The molecule has 0 unspecified atom stereocenters. The van der Waals surface area contributed by atoms with Crippen molar-refractivity contribution in [2.45, 2.75) is 0 Å². The minimum absolute atomic E-state index is 0.139. The molecule has 0 spiro atoms. The normalized spacial score (nSPS) is 11.1. The fraction of sp³-hybridized carbons (Fsp3) is 0.100. The number of imidazole rings is 1. The second-order valence-corrected chi connectivity index (χ2v) is 3.55. The Bertz CT molecular complexity index is 705. The molecule has 0 saturated carbocycles. The minimum atomic E-state index is -0.139. The van der Waals surface area contributed by atoms with E-state index in [0.717, 1.165) is 5.82 Å². The molecule has 0 amide bonds. The van der Waals surface area contributed by atoms with E-state index in [2.05, 4.69) is 15.0 Å². The first kappa shape index (κ1) is 8.90. The third-order valence-corrected chi connectivity index (χ3v) is 2.42. The highest BCUT2D eigenvalue weighted by molar-refractivity contribution is 5.76. The van der Waals surface area contributed by atoms with Gasteiger partial charge >= 0.3 is 0 Å². The standard InChI is InChI=1S/C10H9N5O/c1-14-4-8(13-6-14)15-3-2-7-9(15)11-5-12-10(7)16/h2-6H,1H3,(H,11,12,16). The molecule has 16 heavy (non-hydrogen) atoms. The highest BCUT2D eigenvalue weighted by Crippen LogP contribution is 2.13. The highest BCUT2D eigenvalue weighted by atomic mass is 16.1. The fourth-order valence-corrected chi connectivity index (χ4v) is 1.67. The maximum absolute atomic E-state index is 11.5. The van der Waals surface area contributed by atoms with E-state index >= 15 is 0 Å². The van der Waals surface area contributed by atoms with Gasteiger partial charge in [0.15, 0.2) is 11.5 Å². The summed E-state index contributed by atoms with van der Waals surface area (Å²) < 4.78 is 3.62. The van der Waals surface area contributed by atoms with Crippen molar-refractivity contribution in [3.8, 4) is 5.82 Å². The summed E-state index contributed by atoms with van der Waals surface area (Å²) in [5, 5.41) is 0.563. The Morgan fingerprint density at radius 1 is 1.38 bits per heavy atom. The van der Waals surface area contributed by atoms with Crippen LogP contribution in [0.1, 0.15) is 0 Å². The van der Waals surface area contributed by atoms with Crippen molar-refractivity contribution in [1.29, 1.82) is 0 Å². The molecule has 0 aliphatic heterocycles. The topological polar surface area (TPSA) is 68.5 Å². The first-order valence-electron chi connectivity index (χ1n) is 4.79. The summed E-state index contributed by atoms with van der Waals surface area (Å²) in [7, 11) is 1.89. The zero-order valence-electron chi connectivity index (χ0n) is 8.58. The van der Waals surface area contributed by atoms with Crippen LogP contribution in [0, 0.1) is 0 Å². The van der Waals surface area contributed by atoms with Crippen molar-refractivity contribution < 1.29 is 0 Å². The van der Waals surface area contributed by atoms with Crippen molar-refractivity contribution in [2.24, 2.45) is 7.05 Å². The Balaban J connectivity index is 2.33. The molecule has 0 aliphatic carbocycles. The zero-order valence-corrected chi connectivity index (χ0v) is 8.58. The van der Waals surface area contributed by atoms with Crippen molar-refractivity contribution >= 4 is 11.0 Å². The van der Waals surface area contributed by atoms with Gasteiger partial charge in [-0.25, -0.2) is 9.97 Å². The molecule has 3 aromatic heterocycles. The van der Waals surface area contributed by atoms with Crippen molar-refractivity contribution in [3.05, 3.63) is 41.5 Å². The predicted octanol–water partition coefficient (Wildman–Crippen LogP) is 0.447. The second kappa shape index (κ2) is 3.06. The number of H-pyrrole nitrogens is 1. The van der Waals surface area contributed by atoms with Gasteiger partial charge in [-0.15, -0.1) is 0 Å². The summed E-state index contributed by atoms with van der Waals surface area (Å²) in [6.07, 6.45) is 6.75. The number of aromatic amines is 1. The van der Waals surface area contributed by atoms with Crippen LogP contribution < -0.4 is 5.56 Å². The molecule has 6 heteroatoms. The van der Waals surface area contributed by atoms with Crippen LogP contribution in [0.5, 0.6) is 0 Å². The molecule has 3 heterocycles. The van der Waals surface area contributed by atoms with E-state index in [-0.39, 0.29) is 5.56 Å². The monoisotopic (exact) mass is 215 g/mol. The molecular formula is C10H9N5O. The van der Waals surface area contributed by atoms with E-state index in [0.29, 0.717) is 11.0 Å². The number of fused-ring (bicyclic) bond motifs is 1. The lowest BCUT2D eigenvalue weighted by Gasteiger charge is -1.98. The molecule has 80 valence electrons. The lowest BCUT2D eigenvalue weighted by atomic mass is 10.4. The van der Waals surface area contributed by atoms with E-state index in [1.54, 1.807) is 23.2 Å². The molecule has 0 atom stereocenters. The van der Waals surface area contributed by atoms with Crippen molar-refractivity contribution in [3.63, 3.8) is 0 Å². The molecule has 0 aromatic carbocycles. The summed E-state index contributed by atoms with van der Waals surface area (Å²) in [5.41, 5.74) is 0.474. The second-order valence-electron chi connectivity index (χ2n) is 3.55. The third kappa shape index (κ3) is 1.16. The molecule has 0 saturated heterocycles. The number of hydrogen-bond acceptors (Lipinski definition) is 3. The predicted molar refractivity (Wildman–Crippen MR) is 58.5 cm³/mol. The van der Waals surface area contributed by atoms with Gasteiger partial charge in [0.25, 0.3) is 5.56 Å². The summed E-state index contributed by atoms with van der Waals surface area (Å²) in [6.45, 7) is 0. The third-order valence-electron chi connectivity index (χ3n) is 2.42. The summed E-state index contributed by atoms with van der Waals surface area (Å²) in [6, 6.07) is 1.73. The van der Waals surface area contributed by atoms with E-state index in [9.17, 15) is 4.79 Å². The van der Waals surface area contributed by atoms with Gasteiger partial charge < -0.3 is 9.55 Å². The average Bonchev–Trinajstić information content (AvgIpc) is 2.84. The number of hydrogen-bond donors (Lipinski definition) is 1. The Hall–Kier alpha value is -2.37. The molecule has 3 aromatic rings. The Morgan fingerprint density at radius 3 is 3.00 bits per heavy atom. The average molecular weight is 215 g/mol. The number of nitrogens with one attached hydrogen (secondary N) is 1. The van der Waals surface area contributed by atoms with Gasteiger partial charge in [0, 0.05) is 19.4 Å². The SMILES string of the molecule is Cn1cnc(-n2ccc3c(=O)[nH]cnc32)c1. The number of rotatable bonds is 1. The molecule has 1 N–H and O–H groups in total. The Morgan fingerprint density at radius 2 is 2.25 bits per heavy atom. The van der Waals surface area contributed by atoms with E-state index in [1.165, 1.54) is 6.33 Å². The largest absolute Gasteiger partial charge is 0.338 e. The van der Waals surface area contributed by atoms with Crippen LogP contribution in [0.2, 0.25) is 0 Å². The van der Waals surface area contributed by atoms with Gasteiger partial charge in [-0.1, -0.05) is 0 Å². The minimum Gasteiger partial charge on any atom is -0.338 e. The van der Waals surface area contributed by atoms with Gasteiger partial charge in [-0.05, 0) is 6.07 Å². The van der Waals surface area contributed by atoms with E-state index in [4.69, 9.17) is 0 Å². The lowest BCUT2D eigenvalue weighted by Crippen LogP contribution is -2.06. The van der Waals surface area contributed by atoms with Gasteiger partial charge in [-0.2, -0.15) is 0 Å². The fourth-order valence-electron chi connectivity index (χ4n) is 1.67. The van der Waals surface area contributed by atoms with E-state index in [1.807, 2.05) is 17.8 Å². The van der Waals surface area contributed by atoms with Crippen molar-refractivity contribution in [1.82, 2.24) is 24.1 Å². The van der Waals surface area contributed by atoms with Crippen LogP contribution in [-0.4, -0.2) is 24.1 Å². The highest BCUT2D eigenvalue weighted by Gasteiger charge is 2.08. The first-order chi connectivity index (χ1) is 7.75. The van der Waals surface area contributed by atoms with Crippen LogP contribution in [0.15, 0.2) is 35.9 Å². The maximum Gasteiger partial charge on any atom is 0.260 e. The number of aromatic nitrogens is 5. The quantitative estimate of drug-likeness (QED) is 0.640. The molecule has 0 radical (unpaired) electrons. The van der Waals surface area contributed by atoms with Crippen LogP contribution >= 0.6 is 0 Å². The van der Waals surface area contributed by atoms with Crippen LogP contribution in [0.4, 0.5) is 0 Å². The first-order valence-corrected chi connectivity index (χ1v) is 4.79. The van der Waals surface area contributed by atoms with Crippen LogP contribution in [0.25, 0.3) is 16.9 Å². The van der Waals surface area contributed by atoms with Crippen molar-refractivity contribution in [2.75, 3.05) is 0 Å². The molecular weight excluding hydrogens is 206 g/mol. The Labute approximate surface area is 90.2 Å². The smallest absolute Gasteiger partial charge is 0.260 e. The number of nitrogens with zero attached hydrogens (tertiary/aromatic N) is 4. The number of aryl methyl sites for hydroxylation is 1. The molecule has 0 fully saturated rings. The summed E-state index contributed by atoms with van der Waals surface area (Å²) in [4.78, 5) is 22.4. The van der Waals surface area contributed by atoms with Crippen LogP contribution in [0.3, 0.4) is 0 Å². The summed E-state index contributed by atoms with van der Waals surface area (Å²) >= 11 is 0. The molecule has 6 nitrogen and oxygen atoms in total. The van der Waals surface area contributed by atoms with E-state index < -0.39 is 0 Å².